The van der Waals surface area contributed by atoms with E-state index in [1.807, 2.05) is 6.92 Å². The van der Waals surface area contributed by atoms with Gasteiger partial charge in [0.15, 0.2) is 0 Å². The van der Waals surface area contributed by atoms with Crippen LogP contribution in [0.15, 0.2) is 12.7 Å². The number of aliphatic hydroxyl groups is 1. The highest BCUT2D eigenvalue weighted by molar-refractivity contribution is 6.17. The summed E-state index contributed by atoms with van der Waals surface area (Å²) in [4.78, 5) is 0. The molecule has 0 aromatic heterocycles. The van der Waals surface area contributed by atoms with Gasteiger partial charge in [0.05, 0.1) is 0 Å². The smallest absolute Gasteiger partial charge is 0.0431 e. The third kappa shape index (κ3) is 24.5. The Hall–Kier alpha value is -0.0100. The molecule has 0 spiro atoms. The van der Waals surface area contributed by atoms with E-state index in [2.05, 4.69) is 6.58 Å². The zero-order valence-corrected chi connectivity index (χ0v) is 7.40. The van der Waals surface area contributed by atoms with Crippen LogP contribution in [0.3, 0.4) is 0 Å². The van der Waals surface area contributed by atoms with Gasteiger partial charge >= 0.3 is 0 Å². The Morgan fingerprint density at radius 1 is 1.40 bits per heavy atom. The Morgan fingerprint density at radius 3 is 2.20 bits per heavy atom. The Bertz CT molecular complexity index is 51.2. The molecule has 0 rings (SSSR count). The molecular weight excluding hydrogens is 148 g/mol. The molecule has 0 aromatic carbocycles. The standard InChI is InChI=1S/C5H11ClO.C3H6/c6-4-2-1-3-5-7;1-3-2/h7H,1-5H2;3H,1H2,2H3. The first-order valence-corrected chi connectivity index (χ1v) is 4.10. The minimum absolute atomic E-state index is 0.302. The van der Waals surface area contributed by atoms with Gasteiger partial charge in [-0.25, -0.2) is 0 Å². The monoisotopic (exact) mass is 164 g/mol. The van der Waals surface area contributed by atoms with Crippen LogP contribution in [0.1, 0.15) is 26.2 Å². The van der Waals surface area contributed by atoms with Crippen molar-refractivity contribution in [3.63, 3.8) is 0 Å². The van der Waals surface area contributed by atoms with Gasteiger partial charge in [-0.15, -0.1) is 18.2 Å². The van der Waals surface area contributed by atoms with Crippen LogP contribution in [-0.4, -0.2) is 17.6 Å². The predicted molar refractivity (Wildman–Crippen MR) is 47.5 cm³/mol. The van der Waals surface area contributed by atoms with Crippen LogP contribution in [0.5, 0.6) is 0 Å². The van der Waals surface area contributed by atoms with Crippen molar-refractivity contribution in [2.45, 2.75) is 26.2 Å². The van der Waals surface area contributed by atoms with Gasteiger partial charge in [-0.1, -0.05) is 6.08 Å². The molecule has 0 amide bonds. The summed E-state index contributed by atoms with van der Waals surface area (Å²) < 4.78 is 0. The first kappa shape index (κ1) is 12.6. The third-order valence-electron chi connectivity index (χ3n) is 0.792. The molecule has 1 nitrogen and oxygen atoms in total. The summed E-state index contributed by atoms with van der Waals surface area (Å²) in [6, 6.07) is 0. The molecule has 0 aromatic rings. The maximum Gasteiger partial charge on any atom is 0.0431 e. The van der Waals surface area contributed by atoms with Gasteiger partial charge < -0.3 is 5.11 Å². The molecule has 0 aliphatic carbocycles. The first-order valence-electron chi connectivity index (χ1n) is 3.57. The fourth-order valence-corrected chi connectivity index (χ4v) is 0.572. The van der Waals surface area contributed by atoms with Gasteiger partial charge in [0.25, 0.3) is 0 Å². The molecule has 0 bridgehead atoms. The van der Waals surface area contributed by atoms with Gasteiger partial charge in [0.2, 0.25) is 0 Å². The SMILES string of the molecule is C=CC.OCCCCCCl. The number of aliphatic hydroxyl groups excluding tert-OH is 1. The van der Waals surface area contributed by atoms with E-state index >= 15 is 0 Å². The molecule has 0 radical (unpaired) electrons. The Balaban J connectivity index is 0. The van der Waals surface area contributed by atoms with Gasteiger partial charge in [0, 0.05) is 12.5 Å². The van der Waals surface area contributed by atoms with Crippen molar-refractivity contribution >= 4 is 11.6 Å². The van der Waals surface area contributed by atoms with Gasteiger partial charge in [-0.3, -0.25) is 0 Å². The van der Waals surface area contributed by atoms with Gasteiger partial charge in [-0.2, -0.15) is 0 Å². The number of rotatable bonds is 4. The van der Waals surface area contributed by atoms with E-state index < -0.39 is 0 Å². The lowest BCUT2D eigenvalue weighted by Crippen LogP contribution is -1.82. The largest absolute Gasteiger partial charge is 0.396 e. The maximum absolute atomic E-state index is 8.25. The molecule has 1 N–H and O–H groups in total. The minimum Gasteiger partial charge on any atom is -0.396 e. The molecule has 0 aliphatic rings. The molecule has 10 heavy (non-hydrogen) atoms. The molecule has 0 saturated heterocycles. The fraction of sp³-hybridized carbons (Fsp3) is 0.750. The highest BCUT2D eigenvalue weighted by Crippen LogP contribution is 1.94. The lowest BCUT2D eigenvalue weighted by Gasteiger charge is -1.89. The number of allylic oxidation sites excluding steroid dienone is 1. The Kier molecular flexibility index (Phi) is 20.2. The molecule has 0 saturated carbocycles. The van der Waals surface area contributed by atoms with Crippen molar-refractivity contribution in [1.82, 2.24) is 0 Å². The van der Waals surface area contributed by atoms with E-state index in [0.29, 0.717) is 6.61 Å². The van der Waals surface area contributed by atoms with Gasteiger partial charge in [-0.05, 0) is 26.2 Å². The van der Waals surface area contributed by atoms with Crippen molar-refractivity contribution in [1.29, 1.82) is 0 Å². The molecular formula is C8H17ClO. The van der Waals surface area contributed by atoms with Crippen LogP contribution in [0, 0.1) is 0 Å². The van der Waals surface area contributed by atoms with E-state index in [1.54, 1.807) is 6.08 Å². The second-order valence-electron chi connectivity index (χ2n) is 1.88. The van der Waals surface area contributed by atoms with Crippen LogP contribution < -0.4 is 0 Å². The molecule has 0 atom stereocenters. The second kappa shape index (κ2) is 16.0. The fourth-order valence-electron chi connectivity index (χ4n) is 0.383. The second-order valence-corrected chi connectivity index (χ2v) is 2.26. The average molecular weight is 165 g/mol. The zero-order valence-electron chi connectivity index (χ0n) is 6.65. The van der Waals surface area contributed by atoms with Crippen LogP contribution in [0.25, 0.3) is 0 Å². The molecule has 2 heteroatoms. The third-order valence-corrected chi connectivity index (χ3v) is 1.06. The topological polar surface area (TPSA) is 20.2 Å². The van der Waals surface area contributed by atoms with E-state index in [-0.39, 0.29) is 0 Å². The Labute approximate surface area is 68.7 Å². The molecule has 0 unspecified atom stereocenters. The van der Waals surface area contributed by atoms with Crippen molar-refractivity contribution < 1.29 is 5.11 Å². The number of alkyl halides is 1. The summed E-state index contributed by atoms with van der Waals surface area (Å²) in [5.41, 5.74) is 0. The minimum atomic E-state index is 0.302. The van der Waals surface area contributed by atoms with E-state index in [1.165, 1.54) is 0 Å². The van der Waals surface area contributed by atoms with E-state index in [9.17, 15) is 0 Å². The summed E-state index contributed by atoms with van der Waals surface area (Å²) >= 11 is 5.36. The molecule has 0 fully saturated rings. The summed E-state index contributed by atoms with van der Waals surface area (Å²) in [7, 11) is 0. The van der Waals surface area contributed by atoms with E-state index in [4.69, 9.17) is 16.7 Å². The lowest BCUT2D eigenvalue weighted by atomic mass is 10.3. The Morgan fingerprint density at radius 2 is 1.90 bits per heavy atom. The first-order chi connectivity index (χ1) is 4.83. The number of hydrogen-bond acceptors (Lipinski definition) is 1. The van der Waals surface area contributed by atoms with Gasteiger partial charge in [0.1, 0.15) is 0 Å². The number of halogens is 1. The molecule has 0 aliphatic heterocycles. The normalized spacial score (nSPS) is 7.90. The van der Waals surface area contributed by atoms with Crippen LogP contribution in [0.4, 0.5) is 0 Å². The average Bonchev–Trinajstić information content (AvgIpc) is 1.91. The highest BCUT2D eigenvalue weighted by atomic mass is 35.5. The quantitative estimate of drug-likeness (QED) is 0.385. The number of hydrogen-bond donors (Lipinski definition) is 1. The van der Waals surface area contributed by atoms with Crippen molar-refractivity contribution in [3.05, 3.63) is 12.7 Å². The zero-order chi connectivity index (χ0) is 8.24. The van der Waals surface area contributed by atoms with Crippen LogP contribution in [-0.2, 0) is 0 Å². The van der Waals surface area contributed by atoms with Crippen molar-refractivity contribution in [3.8, 4) is 0 Å². The van der Waals surface area contributed by atoms with Crippen molar-refractivity contribution in [2.24, 2.45) is 0 Å². The van der Waals surface area contributed by atoms with E-state index in [0.717, 1.165) is 25.1 Å². The van der Waals surface area contributed by atoms with Crippen LogP contribution in [0.2, 0.25) is 0 Å². The summed E-state index contributed by atoms with van der Waals surface area (Å²) in [6.07, 6.45) is 4.73. The highest BCUT2D eigenvalue weighted by Gasteiger charge is 1.82. The number of unbranched alkanes of at least 4 members (excludes halogenated alkanes) is 2. The van der Waals surface area contributed by atoms with Crippen molar-refractivity contribution in [2.75, 3.05) is 12.5 Å². The summed E-state index contributed by atoms with van der Waals surface area (Å²) in [5.74, 6) is 0.722. The molecule has 62 valence electrons. The summed E-state index contributed by atoms with van der Waals surface area (Å²) in [5, 5.41) is 8.25. The molecule has 0 heterocycles. The summed E-state index contributed by atoms with van der Waals surface area (Å²) in [6.45, 7) is 5.55. The maximum atomic E-state index is 8.25. The lowest BCUT2D eigenvalue weighted by molar-refractivity contribution is 0.284. The van der Waals surface area contributed by atoms with Crippen LogP contribution >= 0.6 is 11.6 Å². The predicted octanol–water partition coefficient (Wildman–Crippen LogP) is 2.58.